The van der Waals surface area contributed by atoms with E-state index in [9.17, 15) is 0 Å². The van der Waals surface area contributed by atoms with Crippen LogP contribution in [0, 0.1) is 0 Å². The van der Waals surface area contributed by atoms with Gasteiger partial charge in [-0.1, -0.05) is 24.3 Å². The fraction of sp³-hybridized carbons (Fsp3) is 0.625. The molecule has 0 saturated heterocycles. The van der Waals surface area contributed by atoms with Crippen LogP contribution < -0.4 is 5.32 Å². The second-order valence-corrected chi connectivity index (χ2v) is 5.95. The van der Waals surface area contributed by atoms with E-state index in [2.05, 4.69) is 29.6 Å². The Morgan fingerprint density at radius 1 is 1.42 bits per heavy atom. The fourth-order valence-electron chi connectivity index (χ4n) is 2.87. The number of halogens is 1. The highest BCUT2D eigenvalue weighted by Gasteiger charge is 2.19. The highest BCUT2D eigenvalue weighted by atomic mass is 35.5. The zero-order valence-corrected chi connectivity index (χ0v) is 12.5. The lowest BCUT2D eigenvalue weighted by Gasteiger charge is -2.25. The first-order chi connectivity index (χ1) is 9.31. The van der Waals surface area contributed by atoms with Crippen molar-refractivity contribution < 1.29 is 4.74 Å². The van der Waals surface area contributed by atoms with Crippen LogP contribution in [-0.4, -0.2) is 32.2 Å². The van der Waals surface area contributed by atoms with Gasteiger partial charge in [-0.25, -0.2) is 0 Å². The molecular weight excluding hydrogens is 258 g/mol. The molecule has 0 spiro atoms. The topological polar surface area (TPSA) is 21.3 Å². The first-order valence-corrected chi connectivity index (χ1v) is 7.66. The van der Waals surface area contributed by atoms with E-state index in [-0.39, 0.29) is 5.38 Å². The van der Waals surface area contributed by atoms with Crippen LogP contribution in [0.25, 0.3) is 0 Å². The summed E-state index contributed by atoms with van der Waals surface area (Å²) in [6.45, 7) is 2.67. The van der Waals surface area contributed by atoms with E-state index in [0.717, 1.165) is 19.5 Å². The van der Waals surface area contributed by atoms with Gasteiger partial charge in [0.15, 0.2) is 0 Å². The number of rotatable bonds is 7. The lowest BCUT2D eigenvalue weighted by molar-refractivity contribution is 0.195. The number of ether oxygens (including phenoxy) is 1. The second-order valence-electron chi connectivity index (χ2n) is 5.33. The number of hydrogen-bond acceptors (Lipinski definition) is 2. The Balaban J connectivity index is 1.75. The van der Waals surface area contributed by atoms with Crippen LogP contribution in [0.2, 0.25) is 0 Å². The highest BCUT2D eigenvalue weighted by Crippen LogP contribution is 2.30. The molecule has 19 heavy (non-hydrogen) atoms. The summed E-state index contributed by atoms with van der Waals surface area (Å²) in [7, 11) is 1.70. The lowest BCUT2D eigenvalue weighted by atomic mass is 9.83. The molecule has 2 unspecified atom stereocenters. The van der Waals surface area contributed by atoms with Gasteiger partial charge in [-0.2, -0.15) is 0 Å². The summed E-state index contributed by atoms with van der Waals surface area (Å²) in [5.41, 5.74) is 3.08. The number of fused-ring (bicyclic) bond motifs is 1. The maximum absolute atomic E-state index is 6.12. The number of benzene rings is 1. The third kappa shape index (κ3) is 4.48. The molecule has 3 heteroatoms. The quantitative estimate of drug-likeness (QED) is 0.611. The van der Waals surface area contributed by atoms with Gasteiger partial charge >= 0.3 is 0 Å². The van der Waals surface area contributed by atoms with Gasteiger partial charge in [-0.05, 0) is 49.3 Å². The van der Waals surface area contributed by atoms with Crippen LogP contribution in [0.5, 0.6) is 0 Å². The molecule has 0 aliphatic heterocycles. The largest absolute Gasteiger partial charge is 0.383 e. The Bertz CT molecular complexity index is 383. The van der Waals surface area contributed by atoms with Crippen molar-refractivity contribution in [3.05, 3.63) is 35.4 Å². The zero-order valence-electron chi connectivity index (χ0n) is 11.7. The molecule has 0 bridgehead atoms. The van der Waals surface area contributed by atoms with Crippen molar-refractivity contribution >= 4 is 11.6 Å². The van der Waals surface area contributed by atoms with E-state index in [0.29, 0.717) is 12.5 Å². The van der Waals surface area contributed by atoms with Crippen molar-refractivity contribution in [2.24, 2.45) is 0 Å². The van der Waals surface area contributed by atoms with Crippen molar-refractivity contribution in [3.8, 4) is 0 Å². The molecule has 1 aliphatic rings. The Morgan fingerprint density at radius 2 is 2.26 bits per heavy atom. The van der Waals surface area contributed by atoms with E-state index in [1.165, 1.54) is 24.8 Å². The maximum atomic E-state index is 6.12. The molecule has 0 amide bonds. The number of nitrogens with one attached hydrogen (secondary N) is 1. The van der Waals surface area contributed by atoms with Gasteiger partial charge in [0.25, 0.3) is 0 Å². The molecule has 2 atom stereocenters. The third-order valence-corrected chi connectivity index (χ3v) is 4.21. The molecule has 0 saturated carbocycles. The van der Waals surface area contributed by atoms with Gasteiger partial charge in [-0.15, -0.1) is 11.6 Å². The summed E-state index contributed by atoms with van der Waals surface area (Å²) < 4.78 is 5.04. The normalized spacial score (nSPS) is 20.0. The molecule has 0 radical (unpaired) electrons. The molecule has 2 nitrogen and oxygen atoms in total. The molecular formula is C16H24ClNO. The highest BCUT2D eigenvalue weighted by molar-refractivity contribution is 6.20. The Hall–Kier alpha value is -0.570. The molecule has 1 N–H and O–H groups in total. The lowest BCUT2D eigenvalue weighted by Crippen LogP contribution is -2.27. The Morgan fingerprint density at radius 3 is 3.11 bits per heavy atom. The minimum Gasteiger partial charge on any atom is -0.383 e. The predicted octanol–water partition coefficient (Wildman–Crippen LogP) is 3.34. The number of hydrogen-bond donors (Lipinski definition) is 1. The number of aryl methyl sites for hydroxylation is 1. The fourth-order valence-corrected chi connectivity index (χ4v) is 3.10. The van der Waals surface area contributed by atoms with Crippen molar-refractivity contribution in [1.82, 2.24) is 5.32 Å². The van der Waals surface area contributed by atoms with E-state index in [1.807, 2.05) is 0 Å². The second kappa shape index (κ2) is 7.88. The Labute approximate surface area is 121 Å². The third-order valence-electron chi connectivity index (χ3n) is 3.87. The Kier molecular flexibility index (Phi) is 6.15. The smallest absolute Gasteiger partial charge is 0.0626 e. The van der Waals surface area contributed by atoms with Crippen LogP contribution in [-0.2, 0) is 11.2 Å². The van der Waals surface area contributed by atoms with E-state index in [4.69, 9.17) is 16.3 Å². The molecule has 1 aromatic rings. The first-order valence-electron chi connectivity index (χ1n) is 7.22. The standard InChI is InChI=1S/C16H24ClNO/c1-19-12-15(17)9-10-18-11-14-7-4-6-13-5-2-3-8-16(13)14/h2-3,5,8,14-15,18H,4,6-7,9-12H2,1H3. The average Bonchev–Trinajstić information content (AvgIpc) is 2.44. The molecule has 1 aliphatic carbocycles. The molecule has 0 fully saturated rings. The van der Waals surface area contributed by atoms with Gasteiger partial charge in [0, 0.05) is 13.7 Å². The van der Waals surface area contributed by atoms with Gasteiger partial charge in [0.2, 0.25) is 0 Å². The molecule has 2 rings (SSSR count). The van der Waals surface area contributed by atoms with Gasteiger partial charge < -0.3 is 10.1 Å². The zero-order chi connectivity index (χ0) is 13.5. The molecule has 1 aromatic carbocycles. The van der Waals surface area contributed by atoms with Gasteiger partial charge in [-0.3, -0.25) is 0 Å². The first kappa shape index (κ1) is 14.8. The van der Waals surface area contributed by atoms with Crippen LogP contribution in [0.4, 0.5) is 0 Å². The van der Waals surface area contributed by atoms with Gasteiger partial charge in [0.1, 0.15) is 0 Å². The van der Waals surface area contributed by atoms with E-state index in [1.54, 1.807) is 12.7 Å². The predicted molar refractivity (Wildman–Crippen MR) is 81.1 cm³/mol. The monoisotopic (exact) mass is 281 g/mol. The summed E-state index contributed by atoms with van der Waals surface area (Å²) in [5, 5.41) is 3.67. The SMILES string of the molecule is COCC(Cl)CCNCC1CCCc2ccccc21. The number of alkyl halides is 1. The molecule has 0 heterocycles. The van der Waals surface area contributed by atoms with E-state index >= 15 is 0 Å². The summed E-state index contributed by atoms with van der Waals surface area (Å²) in [6, 6.07) is 8.87. The maximum Gasteiger partial charge on any atom is 0.0626 e. The molecule has 106 valence electrons. The minimum absolute atomic E-state index is 0.121. The van der Waals surface area contributed by atoms with Crippen LogP contribution in [0.1, 0.15) is 36.3 Å². The summed E-state index contributed by atoms with van der Waals surface area (Å²) in [5.74, 6) is 0.668. The number of methoxy groups -OCH3 is 1. The van der Waals surface area contributed by atoms with Crippen LogP contribution >= 0.6 is 11.6 Å². The van der Waals surface area contributed by atoms with Crippen LogP contribution in [0.15, 0.2) is 24.3 Å². The average molecular weight is 282 g/mol. The minimum atomic E-state index is 0.121. The summed E-state index contributed by atoms with van der Waals surface area (Å²) in [4.78, 5) is 0. The summed E-state index contributed by atoms with van der Waals surface area (Å²) in [6.07, 6.45) is 4.81. The van der Waals surface area contributed by atoms with Gasteiger partial charge in [0.05, 0.1) is 12.0 Å². The molecule has 0 aromatic heterocycles. The van der Waals surface area contributed by atoms with Crippen molar-refractivity contribution in [2.45, 2.75) is 37.0 Å². The van der Waals surface area contributed by atoms with Crippen molar-refractivity contribution in [1.29, 1.82) is 0 Å². The van der Waals surface area contributed by atoms with Crippen LogP contribution in [0.3, 0.4) is 0 Å². The summed E-state index contributed by atoms with van der Waals surface area (Å²) >= 11 is 6.12. The van der Waals surface area contributed by atoms with Crippen molar-refractivity contribution in [2.75, 3.05) is 26.8 Å². The van der Waals surface area contributed by atoms with Crippen molar-refractivity contribution in [3.63, 3.8) is 0 Å². The van der Waals surface area contributed by atoms with E-state index < -0.39 is 0 Å².